The highest BCUT2D eigenvalue weighted by Gasteiger charge is 2.06. The van der Waals surface area contributed by atoms with Gasteiger partial charge >= 0.3 is 0 Å². The summed E-state index contributed by atoms with van der Waals surface area (Å²) < 4.78 is 0. The molecular formula is C14H22N2O. The van der Waals surface area contributed by atoms with E-state index < -0.39 is 0 Å². The Kier molecular flexibility index (Phi) is 5.16. The minimum absolute atomic E-state index is 0.0651. The molecule has 1 rings (SSSR count). The molecule has 0 radical (unpaired) electrons. The molecule has 3 heteroatoms. The second-order valence-corrected chi connectivity index (χ2v) is 4.80. The van der Waals surface area contributed by atoms with Gasteiger partial charge in [0.25, 0.3) is 0 Å². The Morgan fingerprint density at radius 3 is 2.41 bits per heavy atom. The van der Waals surface area contributed by atoms with Crippen molar-refractivity contribution in [2.45, 2.75) is 33.6 Å². The van der Waals surface area contributed by atoms with Crippen molar-refractivity contribution in [1.82, 2.24) is 0 Å². The maximum Gasteiger partial charge on any atom is 0.224 e. The summed E-state index contributed by atoms with van der Waals surface area (Å²) in [5, 5.41) is 2.92. The van der Waals surface area contributed by atoms with Crippen LogP contribution in [0.3, 0.4) is 0 Å². The van der Waals surface area contributed by atoms with Crippen molar-refractivity contribution in [3.05, 3.63) is 29.3 Å². The van der Waals surface area contributed by atoms with Gasteiger partial charge in [0.1, 0.15) is 0 Å². The summed E-state index contributed by atoms with van der Waals surface area (Å²) in [6, 6.07) is 6.06. The highest BCUT2D eigenvalue weighted by atomic mass is 16.1. The van der Waals surface area contributed by atoms with E-state index in [1.807, 2.05) is 26.0 Å². The van der Waals surface area contributed by atoms with E-state index in [9.17, 15) is 4.79 Å². The molecule has 1 aromatic rings. The van der Waals surface area contributed by atoms with E-state index in [-0.39, 0.29) is 5.91 Å². The predicted octanol–water partition coefficient (Wildman–Crippen LogP) is 2.62. The molecule has 0 saturated heterocycles. The van der Waals surface area contributed by atoms with Crippen LogP contribution in [0.5, 0.6) is 0 Å². The van der Waals surface area contributed by atoms with Crippen molar-refractivity contribution < 1.29 is 4.79 Å². The molecule has 0 fully saturated rings. The highest BCUT2D eigenvalue weighted by Crippen LogP contribution is 2.14. The summed E-state index contributed by atoms with van der Waals surface area (Å²) in [5.74, 6) is 0.468. The molecule has 0 spiro atoms. The summed E-state index contributed by atoms with van der Waals surface area (Å²) in [4.78, 5) is 11.7. The lowest BCUT2D eigenvalue weighted by molar-refractivity contribution is -0.116. The zero-order chi connectivity index (χ0) is 12.8. The smallest absolute Gasteiger partial charge is 0.224 e. The molecule has 1 aromatic carbocycles. The Morgan fingerprint density at radius 2 is 1.88 bits per heavy atom. The molecule has 1 atom stereocenters. The molecule has 0 aliphatic rings. The number of rotatable bonds is 5. The van der Waals surface area contributed by atoms with E-state index in [0.717, 1.165) is 23.2 Å². The molecule has 0 aromatic heterocycles. The lowest BCUT2D eigenvalue weighted by Crippen LogP contribution is -2.16. The van der Waals surface area contributed by atoms with Gasteiger partial charge in [0.05, 0.1) is 0 Å². The van der Waals surface area contributed by atoms with Crippen molar-refractivity contribution in [2.24, 2.45) is 11.7 Å². The molecule has 0 bridgehead atoms. The Morgan fingerprint density at radius 1 is 1.29 bits per heavy atom. The minimum atomic E-state index is 0.0651. The molecule has 0 aliphatic heterocycles. The number of nitrogens with two attached hydrogens (primary N) is 1. The molecular weight excluding hydrogens is 212 g/mol. The van der Waals surface area contributed by atoms with E-state index in [4.69, 9.17) is 5.73 Å². The normalized spacial score (nSPS) is 12.2. The fourth-order valence-corrected chi connectivity index (χ4v) is 1.77. The molecule has 0 saturated carbocycles. The van der Waals surface area contributed by atoms with Crippen molar-refractivity contribution in [3.63, 3.8) is 0 Å². The molecule has 0 heterocycles. The molecule has 94 valence electrons. The van der Waals surface area contributed by atoms with Crippen molar-refractivity contribution in [2.75, 3.05) is 11.9 Å². The van der Waals surface area contributed by atoms with E-state index >= 15 is 0 Å². The number of benzene rings is 1. The summed E-state index contributed by atoms with van der Waals surface area (Å²) in [7, 11) is 0. The van der Waals surface area contributed by atoms with E-state index in [1.165, 1.54) is 0 Å². The number of hydrogen-bond acceptors (Lipinski definition) is 2. The Balaban J connectivity index is 2.50. The van der Waals surface area contributed by atoms with Crippen molar-refractivity contribution in [1.29, 1.82) is 0 Å². The quantitative estimate of drug-likeness (QED) is 0.822. The zero-order valence-corrected chi connectivity index (χ0v) is 10.9. The summed E-state index contributed by atoms with van der Waals surface area (Å²) in [6.45, 7) is 6.75. The summed E-state index contributed by atoms with van der Waals surface area (Å²) >= 11 is 0. The third-order valence-electron chi connectivity index (χ3n) is 2.77. The Bertz CT molecular complexity index is 368. The minimum Gasteiger partial charge on any atom is -0.330 e. The summed E-state index contributed by atoms with van der Waals surface area (Å²) in [5.41, 5.74) is 8.73. The zero-order valence-electron chi connectivity index (χ0n) is 10.9. The average Bonchev–Trinajstić information content (AvgIpc) is 2.24. The van der Waals surface area contributed by atoms with Gasteiger partial charge in [-0.25, -0.2) is 0 Å². The number of carbonyl (C=O) groups is 1. The van der Waals surface area contributed by atoms with Crippen LogP contribution in [0.25, 0.3) is 0 Å². The predicted molar refractivity (Wildman–Crippen MR) is 72.0 cm³/mol. The Labute approximate surface area is 103 Å². The first kappa shape index (κ1) is 13.7. The first-order valence-electron chi connectivity index (χ1n) is 6.09. The fourth-order valence-electron chi connectivity index (χ4n) is 1.77. The van der Waals surface area contributed by atoms with Crippen LogP contribution in [-0.4, -0.2) is 12.5 Å². The molecule has 3 N–H and O–H groups in total. The lowest BCUT2D eigenvalue weighted by atomic mass is 10.1. The highest BCUT2D eigenvalue weighted by molar-refractivity contribution is 5.90. The number of carbonyl (C=O) groups excluding carboxylic acids is 1. The molecule has 17 heavy (non-hydrogen) atoms. The Hall–Kier alpha value is -1.35. The second-order valence-electron chi connectivity index (χ2n) is 4.80. The van der Waals surface area contributed by atoms with Gasteiger partial charge in [-0.1, -0.05) is 13.0 Å². The maximum atomic E-state index is 11.7. The third kappa shape index (κ3) is 5.00. The van der Waals surface area contributed by atoms with Gasteiger partial charge in [0, 0.05) is 12.1 Å². The van der Waals surface area contributed by atoms with Crippen LogP contribution in [-0.2, 0) is 4.79 Å². The van der Waals surface area contributed by atoms with Crippen LogP contribution in [0, 0.1) is 19.8 Å². The van der Waals surface area contributed by atoms with E-state index in [2.05, 4.69) is 18.3 Å². The van der Waals surface area contributed by atoms with Gasteiger partial charge in [-0.3, -0.25) is 4.79 Å². The van der Waals surface area contributed by atoms with Gasteiger partial charge in [0.2, 0.25) is 5.91 Å². The van der Waals surface area contributed by atoms with Gasteiger partial charge < -0.3 is 11.1 Å². The summed E-state index contributed by atoms with van der Waals surface area (Å²) in [6.07, 6.45) is 1.37. The molecule has 3 nitrogen and oxygen atoms in total. The molecule has 1 amide bonds. The van der Waals surface area contributed by atoms with Crippen LogP contribution in [0.1, 0.15) is 30.9 Å². The van der Waals surface area contributed by atoms with Crippen LogP contribution >= 0.6 is 0 Å². The standard InChI is InChI=1S/C14H22N2O/c1-10(9-15)4-5-14(17)16-13-7-11(2)6-12(3)8-13/h6-8,10H,4-5,9,15H2,1-3H3,(H,16,17). The van der Waals surface area contributed by atoms with Gasteiger partial charge in [-0.2, -0.15) is 0 Å². The monoisotopic (exact) mass is 234 g/mol. The van der Waals surface area contributed by atoms with E-state index in [1.54, 1.807) is 0 Å². The van der Waals surface area contributed by atoms with Crippen molar-refractivity contribution in [3.8, 4) is 0 Å². The number of nitrogens with one attached hydrogen (secondary N) is 1. The van der Waals surface area contributed by atoms with Gasteiger partial charge in [-0.15, -0.1) is 0 Å². The van der Waals surface area contributed by atoms with Crippen LogP contribution in [0.15, 0.2) is 18.2 Å². The number of anilines is 1. The first-order chi connectivity index (χ1) is 8.01. The van der Waals surface area contributed by atoms with Crippen molar-refractivity contribution >= 4 is 11.6 Å². The van der Waals surface area contributed by atoms with Crippen LogP contribution in [0.4, 0.5) is 5.69 Å². The lowest BCUT2D eigenvalue weighted by Gasteiger charge is -2.10. The topological polar surface area (TPSA) is 55.1 Å². The first-order valence-corrected chi connectivity index (χ1v) is 6.09. The average molecular weight is 234 g/mol. The third-order valence-corrected chi connectivity index (χ3v) is 2.77. The second kappa shape index (κ2) is 6.40. The molecule has 1 unspecified atom stereocenters. The van der Waals surface area contributed by atoms with Crippen LogP contribution in [0.2, 0.25) is 0 Å². The van der Waals surface area contributed by atoms with E-state index in [0.29, 0.717) is 18.9 Å². The van der Waals surface area contributed by atoms with Crippen LogP contribution < -0.4 is 11.1 Å². The fraction of sp³-hybridized carbons (Fsp3) is 0.500. The van der Waals surface area contributed by atoms with Gasteiger partial charge in [-0.05, 0) is 56.0 Å². The number of amides is 1. The largest absolute Gasteiger partial charge is 0.330 e. The SMILES string of the molecule is Cc1cc(C)cc(NC(=O)CCC(C)CN)c1. The molecule has 0 aliphatic carbocycles. The number of hydrogen-bond donors (Lipinski definition) is 2. The maximum absolute atomic E-state index is 11.7. The van der Waals surface area contributed by atoms with Gasteiger partial charge in [0.15, 0.2) is 0 Å². The number of aryl methyl sites for hydroxylation is 2.